The Labute approximate surface area is 570 Å². The summed E-state index contributed by atoms with van der Waals surface area (Å²) in [4.78, 5) is 152. The van der Waals surface area contributed by atoms with E-state index in [1.54, 1.807) is 85.6 Å². The highest BCUT2D eigenvalue weighted by molar-refractivity contribution is 6.00. The van der Waals surface area contributed by atoms with Gasteiger partial charge in [-0.05, 0) is 71.5 Å². The Bertz CT molecular complexity index is 4760. The monoisotopic (exact) mass is 1360 g/mol. The second-order valence-electron chi connectivity index (χ2n) is 24.6. The highest BCUT2D eigenvalue weighted by atomic mass is 16.3. The Balaban J connectivity index is 0.820. The molecule has 21 N–H and O–H groups in total. The van der Waals surface area contributed by atoms with Gasteiger partial charge in [0, 0.05) is 129 Å². The smallest absolute Gasteiger partial charge is 0.245 e. The predicted molar refractivity (Wildman–Crippen MR) is 371 cm³/mol. The number of nitrogens with two attached hydrogens (primary N) is 2. The van der Waals surface area contributed by atoms with Gasteiger partial charge >= 0.3 is 0 Å². The third-order valence-corrected chi connectivity index (χ3v) is 17.7. The number of primary amides is 1. The van der Waals surface area contributed by atoms with Gasteiger partial charge in [0.25, 0.3) is 0 Å². The van der Waals surface area contributed by atoms with Gasteiger partial charge in [-0.25, -0.2) is 4.98 Å². The number of fused-ring (bicyclic) bond motifs is 5. The van der Waals surface area contributed by atoms with Crippen LogP contribution in [0.15, 0.2) is 165 Å². The number of imidazole rings is 1. The number of H-pyrrole nitrogens is 6. The molecule has 29 heteroatoms. The molecular weight excluding hydrogens is 1280 g/mol. The quantitative estimate of drug-likeness (QED) is 0.0275. The number of carbonyl (C=O) groups excluding carboxylic acids is 9. The molecule has 0 bridgehead atoms. The van der Waals surface area contributed by atoms with E-state index < -0.39 is 127 Å². The number of para-hydroxylation sites is 5. The van der Waals surface area contributed by atoms with Crippen molar-refractivity contribution < 1.29 is 58.5 Å². The van der Waals surface area contributed by atoms with E-state index in [0.717, 1.165) is 38.3 Å². The molecule has 518 valence electrons. The number of hydrogen-bond acceptors (Lipinski definition) is 14. The molecule has 0 aliphatic carbocycles. The SMILES string of the molecule is C[C@@H](O)[C@H](NC(=O)[C@H](CO)NC(=O)[C@H](Cc1c[nH]c2ccccc12)NC(=O)[C@H](Cc1c[nH]c2ccccc12)NC(=O)[C@H](CO)NC(=O)[C@H](Cc1cnc[nH]1)NC(=O)[C@H](Cc1c[nH]c2ccccc12)NC(=O)[C@@H](N)Cc1c[nH]c2ccccc12)C(=O)N[C@@H](Cc1c[nH]c2ccccc12)C(N)=O. The average Bonchev–Trinajstić information content (AvgIpc) is 1.64. The maximum absolute atomic E-state index is 15.2. The summed E-state index contributed by atoms with van der Waals surface area (Å²) >= 11 is 0. The molecule has 0 unspecified atom stereocenters. The highest BCUT2D eigenvalue weighted by Gasteiger charge is 2.37. The summed E-state index contributed by atoms with van der Waals surface area (Å²) in [6.45, 7) is -0.903. The van der Waals surface area contributed by atoms with Gasteiger partial charge in [-0.15, -0.1) is 0 Å². The van der Waals surface area contributed by atoms with Gasteiger partial charge in [-0.2, -0.15) is 0 Å². The molecule has 0 spiro atoms. The summed E-state index contributed by atoms with van der Waals surface area (Å²) in [7, 11) is 0. The topological polar surface area (TPSA) is 470 Å². The standard InChI is InChI=1S/C71H77N17O12/c1-37(91)62(71(100)81-55(63(73)92)23-39-29-76-51-18-8-3-13-45(39)51)88-70(99)61(35-90)87-67(96)58(26-42-32-79-54-21-11-6-16-48(42)54)83-66(95)57(25-41-31-78-53-20-10-5-15-47(41)53)84-69(98)60(34-89)86-68(97)59(27-43-33-74-36-80-43)85-65(94)56(24-40-30-77-52-19-9-4-14-46(40)52)82-64(93)49(72)22-38-28-75-50-17-7-2-12-44(38)50/h2-21,28-33,36-37,49,55-62,75-79,89-91H,22-27,34-35,72H2,1H3,(H2,73,92)(H,74,80)(H,81,100)(H,82,93)(H,83,95)(H,84,98)(H,85,94)(H,86,97)(H,87,96)(H,88,99)/t37-,49+,55+,56+,57+,58+,59+,60+,61+,62+/m1/s1. The molecule has 9 amide bonds. The van der Waals surface area contributed by atoms with Crippen LogP contribution in [0.25, 0.3) is 54.5 Å². The number of aliphatic hydroxyl groups excluding tert-OH is 3. The third kappa shape index (κ3) is 16.4. The minimum atomic E-state index is -1.83. The number of amides is 9. The van der Waals surface area contributed by atoms with E-state index in [9.17, 15) is 53.7 Å². The van der Waals surface area contributed by atoms with Crippen molar-refractivity contribution in [3.05, 3.63) is 198 Å². The van der Waals surface area contributed by atoms with Gasteiger partial charge in [0.15, 0.2) is 0 Å². The first-order valence-corrected chi connectivity index (χ1v) is 32.4. The second kappa shape index (κ2) is 31.5. The second-order valence-corrected chi connectivity index (χ2v) is 24.6. The van der Waals surface area contributed by atoms with Crippen LogP contribution in [-0.2, 0) is 81.7 Å². The molecule has 6 heterocycles. The molecule has 100 heavy (non-hydrogen) atoms. The van der Waals surface area contributed by atoms with E-state index in [1.807, 2.05) is 66.7 Å². The van der Waals surface area contributed by atoms with Crippen LogP contribution in [-0.4, -0.2) is 177 Å². The number of aliphatic hydroxyl groups is 3. The Morgan fingerprint density at radius 2 is 0.670 bits per heavy atom. The Kier molecular flexibility index (Phi) is 21.9. The Morgan fingerprint density at radius 3 is 1.00 bits per heavy atom. The molecular formula is C71H77N17O12. The lowest BCUT2D eigenvalue weighted by atomic mass is 10.0. The number of aromatic nitrogens is 7. The van der Waals surface area contributed by atoms with Gasteiger partial charge in [-0.3, -0.25) is 43.2 Å². The molecule has 6 aromatic heterocycles. The molecule has 0 aliphatic heterocycles. The maximum Gasteiger partial charge on any atom is 0.245 e. The number of nitrogens with one attached hydrogen (secondary N) is 14. The first-order chi connectivity index (χ1) is 48.3. The Hall–Kier alpha value is -11.9. The maximum atomic E-state index is 15.2. The van der Waals surface area contributed by atoms with Crippen LogP contribution in [0.4, 0.5) is 0 Å². The van der Waals surface area contributed by atoms with Crippen LogP contribution in [0.2, 0.25) is 0 Å². The van der Waals surface area contributed by atoms with Crippen LogP contribution < -0.4 is 54.0 Å². The van der Waals surface area contributed by atoms with Crippen molar-refractivity contribution in [2.75, 3.05) is 13.2 Å². The molecule has 0 radical (unpaired) electrons. The number of nitrogens with zero attached hydrogens (tertiary/aromatic N) is 1. The lowest BCUT2D eigenvalue weighted by molar-refractivity contribution is -0.137. The fraction of sp³-hybridized carbons (Fsp3) is 0.268. The summed E-state index contributed by atoms with van der Waals surface area (Å²) in [5, 5.41) is 57.1. The fourth-order valence-corrected chi connectivity index (χ4v) is 12.3. The Morgan fingerprint density at radius 1 is 0.380 bits per heavy atom. The molecule has 29 nitrogen and oxygen atoms in total. The molecule has 11 aromatic rings. The predicted octanol–water partition coefficient (Wildman–Crippen LogP) is 0.629. The fourth-order valence-electron chi connectivity index (χ4n) is 12.3. The molecule has 0 saturated heterocycles. The van der Waals surface area contributed by atoms with Crippen LogP contribution in [0.1, 0.15) is 40.4 Å². The molecule has 0 fully saturated rings. The lowest BCUT2D eigenvalue weighted by Crippen LogP contribution is -2.62. The minimum absolute atomic E-state index is 0.0606. The van der Waals surface area contributed by atoms with E-state index in [2.05, 4.69) is 77.4 Å². The van der Waals surface area contributed by atoms with Crippen LogP contribution in [0.3, 0.4) is 0 Å². The summed E-state index contributed by atoms with van der Waals surface area (Å²) < 4.78 is 0. The molecule has 0 saturated carbocycles. The van der Waals surface area contributed by atoms with Crippen molar-refractivity contribution in [1.29, 1.82) is 0 Å². The van der Waals surface area contributed by atoms with E-state index >= 15 is 4.79 Å². The normalized spacial score (nSPS) is 14.6. The van der Waals surface area contributed by atoms with Crippen molar-refractivity contribution in [3.63, 3.8) is 0 Å². The molecule has 0 aliphatic rings. The molecule has 11 rings (SSSR count). The summed E-state index contributed by atoms with van der Waals surface area (Å²) in [5.41, 5.74) is 19.5. The van der Waals surface area contributed by atoms with E-state index in [0.29, 0.717) is 49.8 Å². The van der Waals surface area contributed by atoms with Gasteiger partial charge < -0.3 is 99.2 Å². The van der Waals surface area contributed by atoms with E-state index in [-0.39, 0.29) is 38.5 Å². The number of aromatic amines is 6. The van der Waals surface area contributed by atoms with Crippen LogP contribution in [0.5, 0.6) is 0 Å². The summed E-state index contributed by atoms with van der Waals surface area (Å²) in [6.07, 6.45) is 8.76. The first-order valence-electron chi connectivity index (χ1n) is 32.4. The number of hydrogen-bond donors (Lipinski definition) is 19. The zero-order valence-corrected chi connectivity index (χ0v) is 54.1. The zero-order chi connectivity index (χ0) is 70.6. The van der Waals surface area contributed by atoms with Gasteiger partial charge in [0.05, 0.1) is 31.7 Å². The van der Waals surface area contributed by atoms with E-state index in [1.165, 1.54) is 19.4 Å². The van der Waals surface area contributed by atoms with Crippen molar-refractivity contribution in [2.45, 2.75) is 106 Å². The van der Waals surface area contributed by atoms with Crippen molar-refractivity contribution in [1.82, 2.24) is 77.4 Å². The summed E-state index contributed by atoms with van der Waals surface area (Å²) in [5.74, 6) is -8.61. The van der Waals surface area contributed by atoms with E-state index in [4.69, 9.17) is 11.5 Å². The van der Waals surface area contributed by atoms with Crippen LogP contribution >= 0.6 is 0 Å². The number of rotatable bonds is 32. The number of benzene rings is 5. The number of carbonyl (C=O) groups is 9. The average molecular weight is 1360 g/mol. The van der Waals surface area contributed by atoms with Crippen molar-refractivity contribution in [2.24, 2.45) is 11.5 Å². The van der Waals surface area contributed by atoms with Crippen molar-refractivity contribution >= 4 is 108 Å². The van der Waals surface area contributed by atoms with Crippen molar-refractivity contribution in [3.8, 4) is 0 Å². The molecule has 10 atom stereocenters. The van der Waals surface area contributed by atoms with Gasteiger partial charge in [0.2, 0.25) is 53.2 Å². The third-order valence-electron chi connectivity index (χ3n) is 17.7. The minimum Gasteiger partial charge on any atom is -0.394 e. The highest BCUT2D eigenvalue weighted by Crippen LogP contribution is 2.25. The van der Waals surface area contributed by atoms with Gasteiger partial charge in [0.1, 0.15) is 48.3 Å². The van der Waals surface area contributed by atoms with Gasteiger partial charge in [-0.1, -0.05) is 91.0 Å². The first kappa shape index (κ1) is 69.4. The molecule has 5 aromatic carbocycles. The summed E-state index contributed by atoms with van der Waals surface area (Å²) in [6, 6.07) is 22.5. The van der Waals surface area contributed by atoms with Crippen LogP contribution in [0, 0.1) is 0 Å². The lowest BCUT2D eigenvalue weighted by Gasteiger charge is -2.28. The largest absolute Gasteiger partial charge is 0.394 e. The zero-order valence-electron chi connectivity index (χ0n) is 54.1.